The summed E-state index contributed by atoms with van der Waals surface area (Å²) in [6.07, 6.45) is 6.35. The molecule has 0 radical (unpaired) electrons. The van der Waals surface area contributed by atoms with Crippen LogP contribution in [0, 0.1) is 6.92 Å². The maximum absolute atomic E-state index is 9.36. The molecular weight excluding hydrogens is 304 g/mol. The second-order valence-corrected chi connectivity index (χ2v) is 6.22. The van der Waals surface area contributed by atoms with Crippen LogP contribution in [0.15, 0.2) is 16.6 Å². The van der Waals surface area contributed by atoms with Crippen LogP contribution in [0.5, 0.6) is 0 Å². The van der Waals surface area contributed by atoms with Crippen molar-refractivity contribution in [2.45, 2.75) is 45.1 Å². The van der Waals surface area contributed by atoms with E-state index in [1.54, 1.807) is 0 Å². The van der Waals surface area contributed by atoms with Gasteiger partial charge in [-0.3, -0.25) is 0 Å². The number of nitrogens with two attached hydrogens (primary N) is 1. The number of hydrogen-bond acceptors (Lipinski definition) is 3. The van der Waals surface area contributed by atoms with Gasteiger partial charge >= 0.3 is 0 Å². The van der Waals surface area contributed by atoms with Crippen LogP contribution in [-0.2, 0) is 0 Å². The molecule has 0 aromatic heterocycles. The fourth-order valence-electron chi connectivity index (χ4n) is 2.90. The van der Waals surface area contributed by atoms with Crippen molar-refractivity contribution in [3.05, 3.63) is 22.2 Å². The number of hydrogen-bond donors (Lipinski definition) is 2. The first-order valence-corrected chi connectivity index (χ1v) is 7.86. The van der Waals surface area contributed by atoms with Crippen molar-refractivity contribution in [2.75, 3.05) is 23.8 Å². The van der Waals surface area contributed by atoms with Gasteiger partial charge in [0.2, 0.25) is 0 Å². The number of rotatable bonds is 4. The molecule has 4 heteroatoms. The number of aryl methyl sites for hydroxylation is 1. The standard InChI is InChI=1S/C15H23BrN2O/c1-11-9-15(13(16)10-14(11)17)18(7-8-19)12-5-3-2-4-6-12/h9-10,12,19H,2-8,17H2,1H3. The molecule has 1 aromatic carbocycles. The third kappa shape index (κ3) is 3.42. The average Bonchev–Trinajstić information content (AvgIpc) is 2.42. The molecule has 106 valence electrons. The second kappa shape index (κ2) is 6.62. The summed E-state index contributed by atoms with van der Waals surface area (Å²) in [6, 6.07) is 4.64. The van der Waals surface area contributed by atoms with Gasteiger partial charge in [0, 0.05) is 22.7 Å². The molecular formula is C15H23BrN2O. The second-order valence-electron chi connectivity index (χ2n) is 5.37. The SMILES string of the molecule is Cc1cc(N(CCO)C2CCCCC2)c(Br)cc1N. The van der Waals surface area contributed by atoms with Crippen LogP contribution in [0.1, 0.15) is 37.7 Å². The lowest BCUT2D eigenvalue weighted by Gasteiger charge is -2.36. The van der Waals surface area contributed by atoms with Gasteiger partial charge in [0.1, 0.15) is 0 Å². The van der Waals surface area contributed by atoms with Gasteiger partial charge in [-0.2, -0.15) is 0 Å². The smallest absolute Gasteiger partial charge is 0.0606 e. The Morgan fingerprint density at radius 3 is 2.63 bits per heavy atom. The topological polar surface area (TPSA) is 49.5 Å². The number of aliphatic hydroxyl groups excluding tert-OH is 1. The van der Waals surface area contributed by atoms with Crippen LogP contribution in [0.25, 0.3) is 0 Å². The number of nitrogens with zero attached hydrogens (tertiary/aromatic N) is 1. The van der Waals surface area contributed by atoms with E-state index >= 15 is 0 Å². The fourth-order valence-corrected chi connectivity index (χ4v) is 3.49. The third-order valence-corrected chi connectivity index (χ3v) is 4.64. The minimum absolute atomic E-state index is 0.187. The van der Waals surface area contributed by atoms with Crippen LogP contribution < -0.4 is 10.6 Å². The Kier molecular flexibility index (Phi) is 5.11. The van der Waals surface area contributed by atoms with Crippen LogP contribution in [-0.4, -0.2) is 24.3 Å². The number of nitrogen functional groups attached to an aromatic ring is 1. The largest absolute Gasteiger partial charge is 0.398 e. The van der Waals surface area contributed by atoms with Gasteiger partial charge in [-0.1, -0.05) is 19.3 Å². The summed E-state index contributed by atoms with van der Waals surface area (Å²) in [6.45, 7) is 2.91. The van der Waals surface area contributed by atoms with Crippen LogP contribution in [0.3, 0.4) is 0 Å². The highest BCUT2D eigenvalue weighted by atomic mass is 79.9. The Hall–Kier alpha value is -0.740. The normalized spacial score (nSPS) is 16.6. The summed E-state index contributed by atoms with van der Waals surface area (Å²) in [5.41, 5.74) is 9.01. The maximum atomic E-state index is 9.36. The van der Waals surface area contributed by atoms with Gasteiger partial charge in [-0.25, -0.2) is 0 Å². The molecule has 0 bridgehead atoms. The highest BCUT2D eigenvalue weighted by Crippen LogP contribution is 2.35. The summed E-state index contributed by atoms with van der Waals surface area (Å²) < 4.78 is 1.02. The zero-order valence-electron chi connectivity index (χ0n) is 11.5. The Morgan fingerprint density at radius 1 is 1.32 bits per heavy atom. The third-order valence-electron chi connectivity index (χ3n) is 4.00. The molecule has 3 N–H and O–H groups in total. The predicted octanol–water partition coefficient (Wildman–Crippen LogP) is 3.47. The molecule has 0 atom stereocenters. The molecule has 0 unspecified atom stereocenters. The first kappa shape index (κ1) is 14.7. The van der Waals surface area contributed by atoms with Gasteiger partial charge < -0.3 is 15.7 Å². The number of halogens is 1. The average molecular weight is 327 g/mol. The van der Waals surface area contributed by atoms with E-state index in [1.165, 1.54) is 32.1 Å². The molecule has 0 spiro atoms. The minimum Gasteiger partial charge on any atom is -0.398 e. The van der Waals surface area contributed by atoms with E-state index in [0.29, 0.717) is 12.6 Å². The monoisotopic (exact) mass is 326 g/mol. The van der Waals surface area contributed by atoms with E-state index in [9.17, 15) is 5.11 Å². The van der Waals surface area contributed by atoms with E-state index in [-0.39, 0.29) is 6.61 Å². The Morgan fingerprint density at radius 2 is 2.00 bits per heavy atom. The first-order valence-electron chi connectivity index (χ1n) is 7.06. The molecule has 19 heavy (non-hydrogen) atoms. The van der Waals surface area contributed by atoms with Gasteiger partial charge in [0.25, 0.3) is 0 Å². The van der Waals surface area contributed by atoms with Crippen molar-refractivity contribution < 1.29 is 5.11 Å². The molecule has 0 saturated heterocycles. The summed E-state index contributed by atoms with van der Waals surface area (Å²) in [7, 11) is 0. The minimum atomic E-state index is 0.187. The van der Waals surface area contributed by atoms with E-state index in [1.807, 2.05) is 13.0 Å². The van der Waals surface area contributed by atoms with Crippen molar-refractivity contribution in [1.29, 1.82) is 0 Å². The number of benzene rings is 1. The lowest BCUT2D eigenvalue weighted by Crippen LogP contribution is -2.39. The van der Waals surface area contributed by atoms with Crippen molar-refractivity contribution >= 4 is 27.3 Å². The Balaban J connectivity index is 2.29. The molecule has 1 saturated carbocycles. The Bertz CT molecular complexity index is 430. The molecule has 1 fully saturated rings. The zero-order valence-corrected chi connectivity index (χ0v) is 13.1. The predicted molar refractivity (Wildman–Crippen MR) is 84.6 cm³/mol. The number of anilines is 2. The molecule has 1 aliphatic rings. The lowest BCUT2D eigenvalue weighted by molar-refractivity contribution is 0.290. The van der Waals surface area contributed by atoms with E-state index < -0.39 is 0 Å². The van der Waals surface area contributed by atoms with Crippen molar-refractivity contribution in [3.63, 3.8) is 0 Å². The first-order chi connectivity index (χ1) is 9.13. The molecule has 2 rings (SSSR count). The van der Waals surface area contributed by atoms with Gasteiger partial charge in [0.05, 0.1) is 12.3 Å². The maximum Gasteiger partial charge on any atom is 0.0606 e. The highest BCUT2D eigenvalue weighted by molar-refractivity contribution is 9.10. The van der Waals surface area contributed by atoms with Gasteiger partial charge in [-0.15, -0.1) is 0 Å². The summed E-state index contributed by atoms with van der Waals surface area (Å²) in [5.74, 6) is 0. The Labute approximate surface area is 123 Å². The molecule has 0 heterocycles. The lowest BCUT2D eigenvalue weighted by atomic mass is 9.93. The molecule has 1 aliphatic carbocycles. The van der Waals surface area contributed by atoms with E-state index in [0.717, 1.165) is 21.4 Å². The van der Waals surface area contributed by atoms with Gasteiger partial charge in [-0.05, 0) is 53.4 Å². The van der Waals surface area contributed by atoms with Crippen molar-refractivity contribution in [3.8, 4) is 0 Å². The van der Waals surface area contributed by atoms with Crippen molar-refractivity contribution in [1.82, 2.24) is 0 Å². The van der Waals surface area contributed by atoms with Gasteiger partial charge in [0.15, 0.2) is 0 Å². The van der Waals surface area contributed by atoms with E-state index in [2.05, 4.69) is 26.9 Å². The van der Waals surface area contributed by atoms with Crippen LogP contribution >= 0.6 is 15.9 Å². The fraction of sp³-hybridized carbons (Fsp3) is 0.600. The van der Waals surface area contributed by atoms with Crippen LogP contribution in [0.2, 0.25) is 0 Å². The summed E-state index contributed by atoms with van der Waals surface area (Å²) in [5, 5.41) is 9.36. The zero-order chi connectivity index (χ0) is 13.8. The highest BCUT2D eigenvalue weighted by Gasteiger charge is 2.23. The molecule has 1 aromatic rings. The van der Waals surface area contributed by atoms with Crippen molar-refractivity contribution in [2.24, 2.45) is 0 Å². The quantitative estimate of drug-likeness (QED) is 0.833. The summed E-state index contributed by atoms with van der Waals surface area (Å²) in [4.78, 5) is 2.34. The summed E-state index contributed by atoms with van der Waals surface area (Å²) >= 11 is 3.62. The molecule has 0 amide bonds. The molecule has 0 aliphatic heterocycles. The van der Waals surface area contributed by atoms with E-state index in [4.69, 9.17) is 5.73 Å². The van der Waals surface area contributed by atoms with Crippen LogP contribution in [0.4, 0.5) is 11.4 Å². The molecule has 3 nitrogen and oxygen atoms in total. The number of aliphatic hydroxyl groups is 1.